The minimum Gasteiger partial charge on any atom is -0.497 e. The molecule has 5 rings (SSSR count). The minimum absolute atomic E-state index is 0.0424. The van der Waals surface area contributed by atoms with E-state index in [1.54, 1.807) is 19.2 Å². The summed E-state index contributed by atoms with van der Waals surface area (Å²) in [6.45, 7) is 1.24. The van der Waals surface area contributed by atoms with Crippen molar-refractivity contribution in [1.29, 1.82) is 0 Å². The van der Waals surface area contributed by atoms with Crippen LogP contribution in [0.25, 0.3) is 22.4 Å². The van der Waals surface area contributed by atoms with E-state index in [1.807, 2.05) is 24.3 Å². The monoisotopic (exact) mass is 447 g/mol. The molecule has 1 N–H and O–H groups in total. The Bertz CT molecular complexity index is 1270. The lowest BCUT2D eigenvalue weighted by atomic mass is 9.96. The van der Waals surface area contributed by atoms with Crippen molar-refractivity contribution in [3.63, 3.8) is 0 Å². The molecule has 0 aliphatic carbocycles. The van der Waals surface area contributed by atoms with E-state index in [1.165, 1.54) is 18.5 Å². The maximum atomic E-state index is 13.4. The zero-order chi connectivity index (χ0) is 22.8. The number of piperidine rings is 1. The van der Waals surface area contributed by atoms with Crippen molar-refractivity contribution < 1.29 is 18.4 Å². The summed E-state index contributed by atoms with van der Waals surface area (Å²) in [4.78, 5) is 23.7. The summed E-state index contributed by atoms with van der Waals surface area (Å²) in [5, 5.41) is 7.80. The Hall–Kier alpha value is -4.01. The molecule has 4 aromatic rings. The number of halogens is 1. The molecule has 0 saturated carbocycles. The maximum Gasteiger partial charge on any atom is 0.263 e. The second-order valence-electron chi connectivity index (χ2n) is 7.92. The Morgan fingerprint density at radius 2 is 1.94 bits per heavy atom. The molecule has 1 aliphatic rings. The first kappa shape index (κ1) is 20.9. The number of ether oxygens (including phenoxy) is 1. The number of fused-ring (bicyclic) bond motifs is 1. The number of hydrogen-bond donors (Lipinski definition) is 1. The van der Waals surface area contributed by atoms with Crippen molar-refractivity contribution in [2.45, 2.75) is 12.8 Å². The van der Waals surface area contributed by atoms with Gasteiger partial charge in [-0.1, -0.05) is 5.16 Å². The fourth-order valence-electron chi connectivity index (χ4n) is 4.12. The number of amides is 1. The van der Waals surface area contributed by atoms with Crippen LogP contribution in [0.2, 0.25) is 0 Å². The van der Waals surface area contributed by atoms with E-state index in [2.05, 4.69) is 25.3 Å². The highest BCUT2D eigenvalue weighted by Crippen LogP contribution is 2.35. The third-order valence-corrected chi connectivity index (χ3v) is 5.82. The Morgan fingerprint density at radius 3 is 2.70 bits per heavy atom. The van der Waals surface area contributed by atoms with Crippen molar-refractivity contribution in [1.82, 2.24) is 15.1 Å². The predicted molar refractivity (Wildman–Crippen MR) is 122 cm³/mol. The quantitative estimate of drug-likeness (QED) is 0.488. The highest BCUT2D eigenvalue weighted by molar-refractivity contribution is 5.98. The van der Waals surface area contributed by atoms with Gasteiger partial charge in [-0.25, -0.2) is 9.37 Å². The standard InChI is InChI=1S/C24H22FN5O3/c1-32-19-10-8-18(9-11-19)28-23(31)16-3-2-12-30(13-16)22-20-21(15-4-6-17(25)7-5-15)29-33-24(20)27-14-26-22/h4-11,14,16H,2-3,12-13H2,1H3,(H,28,31)/t16-/m0/s1. The molecular weight excluding hydrogens is 425 g/mol. The molecule has 1 fully saturated rings. The van der Waals surface area contributed by atoms with Gasteiger partial charge in [-0.15, -0.1) is 0 Å². The Kier molecular flexibility index (Phi) is 5.60. The number of anilines is 2. The fourth-order valence-corrected chi connectivity index (χ4v) is 4.12. The number of nitrogens with one attached hydrogen (secondary N) is 1. The molecular formula is C24H22FN5O3. The average Bonchev–Trinajstić information content (AvgIpc) is 3.29. The van der Waals surface area contributed by atoms with Crippen LogP contribution in [0.1, 0.15) is 12.8 Å². The molecule has 1 saturated heterocycles. The zero-order valence-electron chi connectivity index (χ0n) is 18.0. The number of methoxy groups -OCH3 is 1. The van der Waals surface area contributed by atoms with Crippen LogP contribution in [0, 0.1) is 11.7 Å². The number of hydrogen-bond acceptors (Lipinski definition) is 7. The molecule has 2 aromatic carbocycles. The van der Waals surface area contributed by atoms with Gasteiger partial charge in [0.15, 0.2) is 0 Å². The lowest BCUT2D eigenvalue weighted by Crippen LogP contribution is -2.41. The van der Waals surface area contributed by atoms with Crippen LogP contribution < -0.4 is 15.0 Å². The van der Waals surface area contributed by atoms with Crippen molar-refractivity contribution in [2.24, 2.45) is 5.92 Å². The average molecular weight is 447 g/mol. The van der Waals surface area contributed by atoms with E-state index in [-0.39, 0.29) is 17.6 Å². The van der Waals surface area contributed by atoms with E-state index in [0.29, 0.717) is 34.7 Å². The third-order valence-electron chi connectivity index (χ3n) is 5.82. The Morgan fingerprint density at radius 1 is 1.15 bits per heavy atom. The van der Waals surface area contributed by atoms with Gasteiger partial charge in [0.25, 0.3) is 5.71 Å². The molecule has 1 amide bonds. The second-order valence-corrected chi connectivity index (χ2v) is 7.92. The van der Waals surface area contributed by atoms with Crippen LogP contribution in [0.15, 0.2) is 59.4 Å². The van der Waals surface area contributed by atoms with Gasteiger partial charge in [0, 0.05) is 24.3 Å². The molecule has 2 aromatic heterocycles. The van der Waals surface area contributed by atoms with Crippen LogP contribution >= 0.6 is 0 Å². The largest absolute Gasteiger partial charge is 0.497 e. The van der Waals surface area contributed by atoms with Gasteiger partial charge in [0.05, 0.1) is 13.0 Å². The lowest BCUT2D eigenvalue weighted by molar-refractivity contribution is -0.120. The molecule has 0 unspecified atom stereocenters. The van der Waals surface area contributed by atoms with E-state index in [0.717, 1.165) is 30.8 Å². The summed E-state index contributed by atoms with van der Waals surface area (Å²) in [5.41, 5.74) is 2.33. The van der Waals surface area contributed by atoms with Crippen LogP contribution in [-0.2, 0) is 4.79 Å². The van der Waals surface area contributed by atoms with Crippen LogP contribution in [0.4, 0.5) is 15.9 Å². The summed E-state index contributed by atoms with van der Waals surface area (Å²) in [6.07, 6.45) is 3.04. The number of nitrogens with zero attached hydrogens (tertiary/aromatic N) is 4. The molecule has 0 spiro atoms. The van der Waals surface area contributed by atoms with Crippen molar-refractivity contribution >= 4 is 28.5 Å². The van der Waals surface area contributed by atoms with Gasteiger partial charge in [-0.3, -0.25) is 4.79 Å². The number of aromatic nitrogens is 3. The molecule has 9 heteroatoms. The zero-order valence-corrected chi connectivity index (χ0v) is 18.0. The molecule has 0 bridgehead atoms. The highest BCUT2D eigenvalue weighted by atomic mass is 19.1. The number of rotatable bonds is 5. The highest BCUT2D eigenvalue weighted by Gasteiger charge is 2.29. The molecule has 1 aliphatic heterocycles. The Labute approximate surface area is 189 Å². The van der Waals surface area contributed by atoms with Crippen LogP contribution in [-0.4, -0.2) is 41.2 Å². The summed E-state index contributed by atoms with van der Waals surface area (Å²) in [5.74, 6) is 0.807. The maximum absolute atomic E-state index is 13.4. The van der Waals surface area contributed by atoms with Gasteiger partial charge in [0.2, 0.25) is 5.91 Å². The van der Waals surface area contributed by atoms with Gasteiger partial charge in [-0.2, -0.15) is 4.98 Å². The van der Waals surface area contributed by atoms with E-state index >= 15 is 0 Å². The first-order chi connectivity index (χ1) is 16.1. The third kappa shape index (κ3) is 4.21. The SMILES string of the molecule is COc1ccc(NC(=O)[C@H]2CCCN(c3ncnc4onc(-c5ccc(F)cc5)c34)C2)cc1. The first-order valence-electron chi connectivity index (χ1n) is 10.7. The predicted octanol–water partition coefficient (Wildman–Crippen LogP) is 4.29. The van der Waals surface area contributed by atoms with Gasteiger partial charge in [-0.05, 0) is 61.4 Å². The number of carbonyl (C=O) groups is 1. The molecule has 0 radical (unpaired) electrons. The molecule has 8 nitrogen and oxygen atoms in total. The van der Waals surface area contributed by atoms with E-state index < -0.39 is 0 Å². The normalized spacial score (nSPS) is 16.1. The number of carbonyl (C=O) groups excluding carboxylic acids is 1. The van der Waals surface area contributed by atoms with Crippen molar-refractivity contribution in [3.8, 4) is 17.0 Å². The minimum atomic E-state index is -0.329. The van der Waals surface area contributed by atoms with Gasteiger partial charge < -0.3 is 19.5 Å². The van der Waals surface area contributed by atoms with Crippen molar-refractivity contribution in [3.05, 3.63) is 60.7 Å². The van der Waals surface area contributed by atoms with Crippen LogP contribution in [0.3, 0.4) is 0 Å². The smallest absolute Gasteiger partial charge is 0.263 e. The van der Waals surface area contributed by atoms with E-state index in [9.17, 15) is 9.18 Å². The van der Waals surface area contributed by atoms with Gasteiger partial charge in [0.1, 0.15) is 34.8 Å². The number of benzene rings is 2. The second kappa shape index (κ2) is 8.85. The van der Waals surface area contributed by atoms with Crippen molar-refractivity contribution in [2.75, 3.05) is 30.4 Å². The summed E-state index contributed by atoms with van der Waals surface area (Å²) >= 11 is 0. The Balaban J connectivity index is 1.40. The lowest BCUT2D eigenvalue weighted by Gasteiger charge is -2.33. The summed E-state index contributed by atoms with van der Waals surface area (Å²) in [7, 11) is 1.60. The summed E-state index contributed by atoms with van der Waals surface area (Å²) in [6, 6.07) is 13.3. The molecule has 1 atom stereocenters. The molecule has 3 heterocycles. The first-order valence-corrected chi connectivity index (χ1v) is 10.7. The topological polar surface area (TPSA) is 93.4 Å². The van der Waals surface area contributed by atoms with E-state index in [4.69, 9.17) is 9.26 Å². The van der Waals surface area contributed by atoms with Gasteiger partial charge >= 0.3 is 0 Å². The summed E-state index contributed by atoms with van der Waals surface area (Å²) < 4.78 is 24.0. The molecule has 168 valence electrons. The van der Waals surface area contributed by atoms with Crippen LogP contribution in [0.5, 0.6) is 5.75 Å². The fraction of sp³-hybridized carbons (Fsp3) is 0.250. The molecule has 33 heavy (non-hydrogen) atoms.